The van der Waals surface area contributed by atoms with Crippen molar-refractivity contribution in [2.24, 2.45) is 0 Å². The quantitative estimate of drug-likeness (QED) is 0.771. The zero-order valence-electron chi connectivity index (χ0n) is 10.2. The van der Waals surface area contributed by atoms with Crippen molar-refractivity contribution in [3.05, 3.63) is 36.0 Å². The molecule has 1 heterocycles. The Kier molecular flexibility index (Phi) is 3.99. The van der Waals surface area contributed by atoms with Crippen molar-refractivity contribution in [1.29, 1.82) is 0 Å². The molecule has 2 rings (SSSR count). The molecular weight excluding hydrogens is 230 g/mol. The van der Waals surface area contributed by atoms with Gasteiger partial charge in [-0.1, -0.05) is 18.2 Å². The Labute approximate surface area is 105 Å². The number of aliphatic hydroxyl groups is 1. The number of aromatic carboxylic acids is 1. The minimum Gasteiger partial charge on any atom is -0.478 e. The fraction of sp³-hybridized carbons (Fsp3) is 0.357. The number of carboxylic acids is 1. The molecule has 0 aliphatic carbocycles. The van der Waals surface area contributed by atoms with Gasteiger partial charge in [-0.25, -0.2) is 4.79 Å². The predicted octanol–water partition coefficient (Wildman–Crippen LogP) is 2.50. The van der Waals surface area contributed by atoms with Crippen LogP contribution in [0.2, 0.25) is 0 Å². The van der Waals surface area contributed by atoms with Gasteiger partial charge < -0.3 is 14.8 Å². The standard InChI is InChI=1S/C14H17NO3/c16-9-5-1-4-8-15-10-12(14(17)18)11-6-2-3-7-13(11)15/h2-3,6-7,10,16H,1,4-5,8-9H2,(H,17,18). The van der Waals surface area contributed by atoms with Crippen molar-refractivity contribution in [3.63, 3.8) is 0 Å². The number of fused-ring (bicyclic) bond motifs is 1. The van der Waals surface area contributed by atoms with Crippen molar-refractivity contribution in [2.75, 3.05) is 6.61 Å². The first kappa shape index (κ1) is 12.6. The van der Waals surface area contributed by atoms with Crippen molar-refractivity contribution in [2.45, 2.75) is 25.8 Å². The van der Waals surface area contributed by atoms with Gasteiger partial charge in [-0.3, -0.25) is 0 Å². The molecule has 2 aromatic rings. The van der Waals surface area contributed by atoms with E-state index in [0.717, 1.165) is 36.7 Å². The fourth-order valence-electron chi connectivity index (χ4n) is 2.17. The van der Waals surface area contributed by atoms with E-state index in [-0.39, 0.29) is 6.61 Å². The van der Waals surface area contributed by atoms with Gasteiger partial charge in [-0.15, -0.1) is 0 Å². The highest BCUT2D eigenvalue weighted by atomic mass is 16.4. The van der Waals surface area contributed by atoms with E-state index < -0.39 is 5.97 Å². The van der Waals surface area contributed by atoms with Gasteiger partial charge in [0.25, 0.3) is 0 Å². The van der Waals surface area contributed by atoms with Crippen LogP contribution < -0.4 is 0 Å². The molecule has 1 aromatic carbocycles. The minimum atomic E-state index is -0.889. The summed E-state index contributed by atoms with van der Waals surface area (Å²) in [7, 11) is 0. The van der Waals surface area contributed by atoms with Crippen LogP contribution in [0.25, 0.3) is 10.9 Å². The third-order valence-electron chi connectivity index (χ3n) is 3.08. The van der Waals surface area contributed by atoms with Crippen molar-refractivity contribution < 1.29 is 15.0 Å². The summed E-state index contributed by atoms with van der Waals surface area (Å²) < 4.78 is 1.98. The van der Waals surface area contributed by atoms with Crippen LogP contribution in [0.1, 0.15) is 29.6 Å². The number of carboxylic acid groups (broad SMARTS) is 1. The lowest BCUT2D eigenvalue weighted by Crippen LogP contribution is -1.98. The summed E-state index contributed by atoms with van der Waals surface area (Å²) in [5.41, 5.74) is 1.31. The highest BCUT2D eigenvalue weighted by Crippen LogP contribution is 2.21. The van der Waals surface area contributed by atoms with Crippen LogP contribution >= 0.6 is 0 Å². The molecule has 0 bridgehead atoms. The van der Waals surface area contributed by atoms with Crippen molar-refractivity contribution in [1.82, 2.24) is 4.57 Å². The maximum atomic E-state index is 11.2. The molecule has 96 valence electrons. The van der Waals surface area contributed by atoms with Gasteiger partial charge in [0.15, 0.2) is 0 Å². The molecule has 0 fully saturated rings. The van der Waals surface area contributed by atoms with Crippen LogP contribution in [0.15, 0.2) is 30.5 Å². The Hall–Kier alpha value is -1.81. The summed E-state index contributed by atoms with van der Waals surface area (Å²) in [4.78, 5) is 11.2. The van der Waals surface area contributed by atoms with Gasteiger partial charge in [0, 0.05) is 30.3 Å². The Bertz CT molecular complexity index is 545. The Morgan fingerprint density at radius 3 is 2.67 bits per heavy atom. The zero-order valence-corrected chi connectivity index (χ0v) is 10.2. The molecule has 0 amide bonds. The van der Waals surface area contributed by atoms with Crippen LogP contribution in [0.5, 0.6) is 0 Å². The fourth-order valence-corrected chi connectivity index (χ4v) is 2.17. The number of hydrogen-bond donors (Lipinski definition) is 2. The maximum Gasteiger partial charge on any atom is 0.337 e. The van der Waals surface area contributed by atoms with E-state index in [4.69, 9.17) is 10.2 Å². The van der Waals surface area contributed by atoms with E-state index in [1.165, 1.54) is 0 Å². The Morgan fingerprint density at radius 1 is 1.17 bits per heavy atom. The average molecular weight is 247 g/mol. The van der Waals surface area contributed by atoms with Crippen molar-refractivity contribution >= 4 is 16.9 Å². The van der Waals surface area contributed by atoms with Gasteiger partial charge in [-0.05, 0) is 25.3 Å². The number of rotatable bonds is 6. The van der Waals surface area contributed by atoms with Crippen LogP contribution in [-0.2, 0) is 6.54 Å². The second-order valence-electron chi connectivity index (χ2n) is 4.34. The van der Waals surface area contributed by atoms with Gasteiger partial charge in [0.2, 0.25) is 0 Å². The maximum absolute atomic E-state index is 11.2. The lowest BCUT2D eigenvalue weighted by molar-refractivity contribution is 0.0699. The minimum absolute atomic E-state index is 0.215. The Morgan fingerprint density at radius 2 is 1.94 bits per heavy atom. The van der Waals surface area contributed by atoms with E-state index >= 15 is 0 Å². The van der Waals surface area contributed by atoms with Crippen LogP contribution in [0.4, 0.5) is 0 Å². The molecule has 4 nitrogen and oxygen atoms in total. The number of hydrogen-bond acceptors (Lipinski definition) is 2. The smallest absolute Gasteiger partial charge is 0.337 e. The number of benzene rings is 1. The number of aromatic nitrogens is 1. The summed E-state index contributed by atoms with van der Waals surface area (Å²) >= 11 is 0. The highest BCUT2D eigenvalue weighted by molar-refractivity contribution is 6.03. The summed E-state index contributed by atoms with van der Waals surface area (Å²) in [5.74, 6) is -0.889. The first-order valence-corrected chi connectivity index (χ1v) is 6.16. The predicted molar refractivity (Wildman–Crippen MR) is 69.8 cm³/mol. The Balaban J connectivity index is 2.24. The third-order valence-corrected chi connectivity index (χ3v) is 3.08. The van der Waals surface area contributed by atoms with Crippen LogP contribution in [0.3, 0.4) is 0 Å². The van der Waals surface area contributed by atoms with Crippen molar-refractivity contribution in [3.8, 4) is 0 Å². The summed E-state index contributed by atoms with van der Waals surface area (Å²) in [6.07, 6.45) is 4.39. The molecule has 0 spiro atoms. The number of nitrogens with zero attached hydrogens (tertiary/aromatic N) is 1. The number of aliphatic hydroxyl groups excluding tert-OH is 1. The molecule has 0 saturated carbocycles. The molecular formula is C14H17NO3. The normalized spacial score (nSPS) is 10.9. The van der Waals surface area contributed by atoms with E-state index in [0.29, 0.717) is 5.56 Å². The second-order valence-corrected chi connectivity index (χ2v) is 4.34. The first-order chi connectivity index (χ1) is 8.74. The molecule has 0 radical (unpaired) electrons. The van der Waals surface area contributed by atoms with Gasteiger partial charge in [0.05, 0.1) is 5.56 Å². The molecule has 0 aliphatic rings. The van der Waals surface area contributed by atoms with E-state index in [2.05, 4.69) is 0 Å². The summed E-state index contributed by atoms with van der Waals surface area (Å²) in [6, 6.07) is 7.54. The number of unbranched alkanes of at least 4 members (excludes halogenated alkanes) is 2. The van der Waals surface area contributed by atoms with Gasteiger partial charge in [-0.2, -0.15) is 0 Å². The summed E-state index contributed by atoms with van der Waals surface area (Å²) in [5, 5.41) is 18.7. The zero-order chi connectivity index (χ0) is 13.0. The lowest BCUT2D eigenvalue weighted by atomic mass is 10.2. The number of para-hydroxylation sites is 1. The van der Waals surface area contributed by atoms with Crippen LogP contribution in [-0.4, -0.2) is 27.4 Å². The van der Waals surface area contributed by atoms with E-state index in [1.54, 1.807) is 6.20 Å². The molecule has 18 heavy (non-hydrogen) atoms. The number of aryl methyl sites for hydroxylation is 1. The second kappa shape index (κ2) is 5.69. The molecule has 0 saturated heterocycles. The largest absolute Gasteiger partial charge is 0.478 e. The monoisotopic (exact) mass is 247 g/mol. The van der Waals surface area contributed by atoms with Gasteiger partial charge in [0.1, 0.15) is 0 Å². The number of carbonyl (C=O) groups is 1. The van der Waals surface area contributed by atoms with E-state index in [1.807, 2.05) is 28.8 Å². The van der Waals surface area contributed by atoms with E-state index in [9.17, 15) is 4.79 Å². The summed E-state index contributed by atoms with van der Waals surface area (Å²) in [6.45, 7) is 1.00. The highest BCUT2D eigenvalue weighted by Gasteiger charge is 2.12. The molecule has 0 atom stereocenters. The average Bonchev–Trinajstić information content (AvgIpc) is 2.74. The molecule has 4 heteroatoms. The third kappa shape index (κ3) is 2.54. The molecule has 1 aromatic heterocycles. The SMILES string of the molecule is O=C(O)c1cn(CCCCCO)c2ccccc12. The van der Waals surface area contributed by atoms with Gasteiger partial charge >= 0.3 is 5.97 Å². The first-order valence-electron chi connectivity index (χ1n) is 6.16. The molecule has 0 unspecified atom stereocenters. The molecule has 0 aliphatic heterocycles. The topological polar surface area (TPSA) is 62.5 Å². The lowest BCUT2D eigenvalue weighted by Gasteiger charge is -2.04. The molecule has 2 N–H and O–H groups in total. The van der Waals surface area contributed by atoms with Crippen LogP contribution in [0, 0.1) is 0 Å².